The normalized spacial score (nSPS) is 14.2. The van der Waals surface area contributed by atoms with E-state index in [1.54, 1.807) is 13.1 Å². The first-order valence-electron chi connectivity index (χ1n) is 7.26. The zero-order valence-electron chi connectivity index (χ0n) is 14.1. The van der Waals surface area contributed by atoms with Gasteiger partial charge in [-0.25, -0.2) is 0 Å². The summed E-state index contributed by atoms with van der Waals surface area (Å²) in [7, 11) is -2.68. The molecule has 1 atom stereocenters. The highest BCUT2D eigenvalue weighted by Crippen LogP contribution is 2.38. The lowest BCUT2D eigenvalue weighted by Crippen LogP contribution is -2.45. The van der Waals surface area contributed by atoms with E-state index in [1.807, 2.05) is 20.8 Å². The van der Waals surface area contributed by atoms with Crippen LogP contribution in [0.4, 0.5) is 13.2 Å². The van der Waals surface area contributed by atoms with Crippen LogP contribution in [0.2, 0.25) is 23.2 Å². The van der Waals surface area contributed by atoms with E-state index < -0.39 is 37.2 Å². The standard InChI is InChI=1S/C16H20ClF3O3Si/c1-15(2,3)24(4,5)23-14(22)12(13(21)16(18,19)20)10-7-6-8-11(17)9-10/h6-9,12H,1-5H3. The quantitative estimate of drug-likeness (QED) is 0.539. The Bertz CT molecular complexity index is 636. The molecule has 0 saturated heterocycles. The minimum Gasteiger partial charge on any atom is -0.518 e. The molecule has 24 heavy (non-hydrogen) atoms. The van der Waals surface area contributed by atoms with Gasteiger partial charge in [0.1, 0.15) is 5.92 Å². The first kappa shape index (κ1) is 20.7. The third-order valence-electron chi connectivity index (χ3n) is 4.12. The first-order valence-corrected chi connectivity index (χ1v) is 10.5. The maximum Gasteiger partial charge on any atom is 0.451 e. The lowest BCUT2D eigenvalue weighted by molar-refractivity contribution is -0.175. The topological polar surface area (TPSA) is 43.4 Å². The van der Waals surface area contributed by atoms with Crippen LogP contribution in [0.3, 0.4) is 0 Å². The van der Waals surface area contributed by atoms with Crippen LogP contribution in [0, 0.1) is 0 Å². The molecule has 134 valence electrons. The Kier molecular flexibility index (Phi) is 5.93. The van der Waals surface area contributed by atoms with Gasteiger partial charge < -0.3 is 4.43 Å². The van der Waals surface area contributed by atoms with Gasteiger partial charge in [0, 0.05) is 5.02 Å². The van der Waals surface area contributed by atoms with Crippen molar-refractivity contribution < 1.29 is 27.2 Å². The maximum absolute atomic E-state index is 12.9. The molecule has 0 heterocycles. The number of alkyl halides is 3. The fourth-order valence-electron chi connectivity index (χ4n) is 1.71. The second-order valence-corrected chi connectivity index (χ2v) is 12.2. The number of hydrogen-bond acceptors (Lipinski definition) is 3. The summed E-state index contributed by atoms with van der Waals surface area (Å²) in [5.74, 6) is -5.42. The van der Waals surface area contributed by atoms with E-state index in [2.05, 4.69) is 0 Å². The largest absolute Gasteiger partial charge is 0.518 e. The number of carbonyl (C=O) groups excluding carboxylic acids is 2. The molecule has 0 aliphatic heterocycles. The van der Waals surface area contributed by atoms with Gasteiger partial charge in [-0.1, -0.05) is 44.5 Å². The van der Waals surface area contributed by atoms with Gasteiger partial charge in [-0.15, -0.1) is 0 Å². The summed E-state index contributed by atoms with van der Waals surface area (Å²) in [5, 5.41) is -0.268. The fraction of sp³-hybridized carbons (Fsp3) is 0.500. The second-order valence-electron chi connectivity index (χ2n) is 7.03. The van der Waals surface area contributed by atoms with Gasteiger partial charge in [-0.05, 0) is 35.8 Å². The van der Waals surface area contributed by atoms with Gasteiger partial charge in [0.15, 0.2) is 0 Å². The molecule has 1 rings (SSSR count). The van der Waals surface area contributed by atoms with Crippen molar-refractivity contribution in [2.75, 3.05) is 0 Å². The molecule has 1 aromatic carbocycles. The summed E-state index contributed by atoms with van der Waals surface area (Å²) >= 11 is 5.78. The Hall–Kier alpha value is -1.34. The van der Waals surface area contributed by atoms with Gasteiger partial charge in [0.25, 0.3) is 14.1 Å². The van der Waals surface area contributed by atoms with Gasteiger partial charge in [0.2, 0.25) is 0 Å². The summed E-state index contributed by atoms with van der Waals surface area (Å²) in [6, 6.07) is 5.25. The van der Waals surface area contributed by atoms with Crippen molar-refractivity contribution in [3.63, 3.8) is 0 Å². The number of rotatable bonds is 4. The SMILES string of the molecule is CC(C)(C)[Si](C)(C)OC(=O)C(C(=O)C(F)(F)F)c1cccc(Cl)c1. The maximum atomic E-state index is 12.9. The molecule has 0 aromatic heterocycles. The van der Waals surface area contributed by atoms with Crippen LogP contribution in [0.5, 0.6) is 0 Å². The molecule has 0 bridgehead atoms. The molecule has 1 unspecified atom stereocenters. The van der Waals surface area contributed by atoms with Crippen LogP contribution >= 0.6 is 11.6 Å². The first-order chi connectivity index (χ1) is 10.7. The van der Waals surface area contributed by atoms with Crippen molar-refractivity contribution >= 4 is 31.7 Å². The molecule has 0 spiro atoms. The minimum atomic E-state index is -5.15. The molecule has 0 amide bonds. The molecule has 0 fully saturated rings. The van der Waals surface area contributed by atoms with E-state index in [4.69, 9.17) is 16.0 Å². The van der Waals surface area contributed by atoms with Crippen molar-refractivity contribution in [2.45, 2.75) is 51.0 Å². The Morgan fingerprint density at radius 1 is 1.17 bits per heavy atom. The van der Waals surface area contributed by atoms with Crippen LogP contribution in [0.15, 0.2) is 24.3 Å². The van der Waals surface area contributed by atoms with Crippen LogP contribution in [0.25, 0.3) is 0 Å². The third-order valence-corrected chi connectivity index (χ3v) is 8.68. The Labute approximate surface area is 145 Å². The second kappa shape index (κ2) is 6.88. The van der Waals surface area contributed by atoms with Crippen LogP contribution < -0.4 is 0 Å². The van der Waals surface area contributed by atoms with E-state index in [1.165, 1.54) is 24.3 Å². The molecule has 1 aromatic rings. The van der Waals surface area contributed by atoms with E-state index >= 15 is 0 Å². The third kappa shape index (κ3) is 4.83. The van der Waals surface area contributed by atoms with Crippen molar-refractivity contribution in [2.24, 2.45) is 0 Å². The highest BCUT2D eigenvalue weighted by Gasteiger charge is 2.50. The fourth-order valence-corrected chi connectivity index (χ4v) is 2.83. The molecule has 0 radical (unpaired) electrons. The Morgan fingerprint density at radius 2 is 1.71 bits per heavy atom. The van der Waals surface area contributed by atoms with E-state index in [-0.39, 0.29) is 10.6 Å². The number of ketones is 1. The summed E-state index contributed by atoms with van der Waals surface area (Å²) in [6.45, 7) is 8.96. The summed E-state index contributed by atoms with van der Waals surface area (Å²) in [4.78, 5) is 24.3. The van der Waals surface area contributed by atoms with E-state index in [9.17, 15) is 22.8 Å². The molecular formula is C16H20ClF3O3Si. The zero-order chi connectivity index (χ0) is 18.9. The predicted octanol–water partition coefficient (Wildman–Crippen LogP) is 5.10. The van der Waals surface area contributed by atoms with Crippen LogP contribution in [0.1, 0.15) is 32.3 Å². The molecule has 0 N–H and O–H groups in total. The Morgan fingerprint density at radius 3 is 2.12 bits per heavy atom. The number of carbonyl (C=O) groups is 2. The minimum absolute atomic E-state index is 0.131. The van der Waals surface area contributed by atoms with Gasteiger partial charge >= 0.3 is 12.1 Å². The average Bonchev–Trinajstić information content (AvgIpc) is 2.35. The van der Waals surface area contributed by atoms with E-state index in [0.717, 1.165) is 0 Å². The zero-order valence-corrected chi connectivity index (χ0v) is 15.9. The van der Waals surface area contributed by atoms with Crippen molar-refractivity contribution in [1.82, 2.24) is 0 Å². The summed E-state index contributed by atoms with van der Waals surface area (Å²) in [6.07, 6.45) is -5.15. The number of hydrogen-bond donors (Lipinski definition) is 0. The molecule has 0 aliphatic rings. The molecule has 8 heteroatoms. The highest BCUT2D eigenvalue weighted by atomic mass is 35.5. The molecule has 0 aliphatic carbocycles. The summed E-state index contributed by atoms with van der Waals surface area (Å²) in [5.41, 5.74) is -0.131. The van der Waals surface area contributed by atoms with Gasteiger partial charge in [-0.2, -0.15) is 13.2 Å². The molecule has 3 nitrogen and oxygen atoms in total. The highest BCUT2D eigenvalue weighted by molar-refractivity contribution is 6.75. The number of Topliss-reactive ketones (excluding diaryl/α,β-unsaturated/α-hetero) is 1. The van der Waals surface area contributed by atoms with Crippen molar-refractivity contribution in [3.8, 4) is 0 Å². The average molecular weight is 381 g/mol. The van der Waals surface area contributed by atoms with Crippen LogP contribution in [-0.2, 0) is 14.0 Å². The molecular weight excluding hydrogens is 361 g/mol. The van der Waals surface area contributed by atoms with Crippen LogP contribution in [-0.4, -0.2) is 26.2 Å². The summed E-state index contributed by atoms with van der Waals surface area (Å²) < 4.78 is 44.2. The van der Waals surface area contributed by atoms with Crippen molar-refractivity contribution in [3.05, 3.63) is 34.9 Å². The number of benzene rings is 1. The monoisotopic (exact) mass is 380 g/mol. The lowest BCUT2D eigenvalue weighted by atomic mass is 9.94. The molecule has 0 saturated carbocycles. The smallest absolute Gasteiger partial charge is 0.451 e. The Balaban J connectivity index is 3.29. The van der Waals surface area contributed by atoms with Gasteiger partial charge in [0.05, 0.1) is 0 Å². The predicted molar refractivity (Wildman–Crippen MR) is 88.5 cm³/mol. The van der Waals surface area contributed by atoms with E-state index in [0.29, 0.717) is 0 Å². The number of halogens is 4. The van der Waals surface area contributed by atoms with Crippen molar-refractivity contribution in [1.29, 1.82) is 0 Å². The lowest BCUT2D eigenvalue weighted by Gasteiger charge is -2.36. The van der Waals surface area contributed by atoms with Gasteiger partial charge in [-0.3, -0.25) is 9.59 Å².